The van der Waals surface area contributed by atoms with E-state index >= 15 is 0 Å². The Hall–Kier alpha value is -1.59. The summed E-state index contributed by atoms with van der Waals surface area (Å²) in [7, 11) is 3.90. The minimum Gasteiger partial charge on any atom is -0.496 e. The average molecular weight is 345 g/mol. The van der Waals surface area contributed by atoms with Crippen molar-refractivity contribution in [3.63, 3.8) is 0 Å². The van der Waals surface area contributed by atoms with E-state index < -0.39 is 0 Å². The molecule has 1 aromatic rings. The van der Waals surface area contributed by atoms with Gasteiger partial charge in [0.25, 0.3) is 0 Å². The second-order valence-corrected chi connectivity index (χ2v) is 7.30. The molecule has 0 saturated carbocycles. The number of piperazine rings is 1. The first-order valence-corrected chi connectivity index (χ1v) is 9.49. The molecule has 2 heterocycles. The van der Waals surface area contributed by atoms with Crippen molar-refractivity contribution in [3.8, 4) is 5.75 Å². The number of methoxy groups -OCH3 is 1. The molecule has 0 aliphatic carbocycles. The third-order valence-electron chi connectivity index (χ3n) is 5.65. The topological polar surface area (TPSA) is 36.0 Å². The van der Waals surface area contributed by atoms with Crippen molar-refractivity contribution in [1.82, 2.24) is 14.7 Å². The number of likely N-dealkylation sites (N-methyl/N-ethyl adjacent to an activating group) is 1. The Morgan fingerprint density at radius 2 is 1.88 bits per heavy atom. The zero-order valence-corrected chi connectivity index (χ0v) is 15.6. The standard InChI is InChI=1S/C20H31N3O2/c1-21-10-6-5-8-18(21)16-22-11-13-23(14-12-22)20(24)15-17-7-3-4-9-19(17)25-2/h3-4,7,9,18H,5-6,8,10-16H2,1-2H3/t18-/m1/s1. The molecule has 2 saturated heterocycles. The maximum absolute atomic E-state index is 12.6. The Morgan fingerprint density at radius 3 is 2.60 bits per heavy atom. The van der Waals surface area contributed by atoms with Gasteiger partial charge in [-0.1, -0.05) is 24.6 Å². The highest BCUT2D eigenvalue weighted by molar-refractivity contribution is 5.79. The van der Waals surface area contributed by atoms with Gasteiger partial charge >= 0.3 is 0 Å². The molecule has 2 aliphatic rings. The number of ether oxygens (including phenoxy) is 1. The van der Waals surface area contributed by atoms with Crippen molar-refractivity contribution in [2.24, 2.45) is 0 Å². The Bertz CT molecular complexity index is 570. The molecular weight excluding hydrogens is 314 g/mol. The molecule has 2 aliphatic heterocycles. The summed E-state index contributed by atoms with van der Waals surface area (Å²) in [5, 5.41) is 0. The van der Waals surface area contributed by atoms with Gasteiger partial charge in [0.1, 0.15) is 5.75 Å². The van der Waals surface area contributed by atoms with Gasteiger partial charge in [-0.25, -0.2) is 0 Å². The maximum Gasteiger partial charge on any atom is 0.227 e. The number of benzene rings is 1. The van der Waals surface area contributed by atoms with Gasteiger partial charge in [-0.2, -0.15) is 0 Å². The first kappa shape index (κ1) is 18.2. The summed E-state index contributed by atoms with van der Waals surface area (Å²) in [5.41, 5.74) is 0.973. The number of para-hydroxylation sites is 1. The summed E-state index contributed by atoms with van der Waals surface area (Å²) >= 11 is 0. The van der Waals surface area contributed by atoms with Gasteiger partial charge in [0.05, 0.1) is 13.5 Å². The molecule has 3 rings (SSSR count). The van der Waals surface area contributed by atoms with Crippen LogP contribution in [0.2, 0.25) is 0 Å². The quantitative estimate of drug-likeness (QED) is 0.816. The Balaban J connectivity index is 1.47. The monoisotopic (exact) mass is 345 g/mol. The summed E-state index contributed by atoms with van der Waals surface area (Å²) in [6.45, 7) is 6.02. The van der Waals surface area contributed by atoms with Gasteiger partial charge in [-0.15, -0.1) is 0 Å². The molecule has 5 nitrogen and oxygen atoms in total. The normalized spacial score (nSPS) is 22.8. The van der Waals surface area contributed by atoms with Crippen LogP contribution in [-0.4, -0.2) is 80.1 Å². The van der Waals surface area contributed by atoms with Gasteiger partial charge in [-0.05, 0) is 32.5 Å². The van der Waals surface area contributed by atoms with Crippen molar-refractivity contribution in [2.45, 2.75) is 31.7 Å². The summed E-state index contributed by atoms with van der Waals surface area (Å²) in [6.07, 6.45) is 4.42. The van der Waals surface area contributed by atoms with Crippen LogP contribution >= 0.6 is 0 Å². The van der Waals surface area contributed by atoms with Crippen molar-refractivity contribution in [1.29, 1.82) is 0 Å². The number of hydrogen-bond acceptors (Lipinski definition) is 4. The Kier molecular flexibility index (Phi) is 6.32. The molecule has 5 heteroatoms. The smallest absolute Gasteiger partial charge is 0.227 e. The predicted molar refractivity (Wildman–Crippen MR) is 100.0 cm³/mol. The molecule has 1 amide bonds. The third-order valence-corrected chi connectivity index (χ3v) is 5.65. The Labute approximate surface area is 151 Å². The van der Waals surface area contributed by atoms with Crippen LogP contribution in [0, 0.1) is 0 Å². The van der Waals surface area contributed by atoms with E-state index in [0.29, 0.717) is 12.5 Å². The van der Waals surface area contributed by atoms with E-state index in [9.17, 15) is 4.79 Å². The fraction of sp³-hybridized carbons (Fsp3) is 0.650. The van der Waals surface area contributed by atoms with Gasteiger partial charge in [0.2, 0.25) is 5.91 Å². The lowest BCUT2D eigenvalue weighted by molar-refractivity contribution is -0.132. The number of hydrogen-bond donors (Lipinski definition) is 0. The number of piperidine rings is 1. The molecule has 25 heavy (non-hydrogen) atoms. The largest absolute Gasteiger partial charge is 0.496 e. The number of amides is 1. The van der Waals surface area contributed by atoms with Crippen LogP contribution in [-0.2, 0) is 11.2 Å². The molecule has 0 spiro atoms. The van der Waals surface area contributed by atoms with Crippen LogP contribution in [0.15, 0.2) is 24.3 Å². The molecule has 1 atom stereocenters. The number of nitrogens with zero attached hydrogens (tertiary/aromatic N) is 3. The summed E-state index contributed by atoms with van der Waals surface area (Å²) in [4.78, 5) is 19.7. The van der Waals surface area contributed by atoms with E-state index in [4.69, 9.17) is 4.74 Å². The summed E-state index contributed by atoms with van der Waals surface area (Å²) < 4.78 is 5.36. The van der Waals surface area contributed by atoms with Crippen molar-refractivity contribution < 1.29 is 9.53 Å². The highest BCUT2D eigenvalue weighted by Gasteiger charge is 2.26. The van der Waals surface area contributed by atoms with Crippen LogP contribution in [0.4, 0.5) is 0 Å². The second-order valence-electron chi connectivity index (χ2n) is 7.30. The number of carbonyl (C=O) groups excluding carboxylic acids is 1. The first-order chi connectivity index (χ1) is 12.2. The lowest BCUT2D eigenvalue weighted by atomic mass is 10.0. The molecule has 0 radical (unpaired) electrons. The number of likely N-dealkylation sites (tertiary alicyclic amines) is 1. The predicted octanol–water partition coefficient (Wildman–Crippen LogP) is 1.87. The van der Waals surface area contributed by atoms with E-state index in [-0.39, 0.29) is 5.91 Å². The zero-order valence-electron chi connectivity index (χ0n) is 15.6. The molecule has 0 bridgehead atoms. The van der Waals surface area contributed by atoms with Crippen LogP contribution in [0.3, 0.4) is 0 Å². The lowest BCUT2D eigenvalue weighted by Crippen LogP contribution is -2.53. The van der Waals surface area contributed by atoms with Gasteiger partial charge < -0.3 is 14.5 Å². The molecule has 1 aromatic carbocycles. The summed E-state index contributed by atoms with van der Waals surface area (Å²) in [5.74, 6) is 1.01. The molecule has 0 aromatic heterocycles. The van der Waals surface area contributed by atoms with Gasteiger partial charge in [0, 0.05) is 44.3 Å². The maximum atomic E-state index is 12.6. The highest BCUT2D eigenvalue weighted by Crippen LogP contribution is 2.20. The third kappa shape index (κ3) is 4.73. The minimum atomic E-state index is 0.207. The van der Waals surface area contributed by atoms with Gasteiger partial charge in [-0.3, -0.25) is 9.69 Å². The Morgan fingerprint density at radius 1 is 1.12 bits per heavy atom. The van der Waals surface area contributed by atoms with Gasteiger partial charge in [0.15, 0.2) is 0 Å². The molecular formula is C20H31N3O2. The van der Waals surface area contributed by atoms with E-state index in [1.807, 2.05) is 29.2 Å². The molecule has 0 unspecified atom stereocenters. The van der Waals surface area contributed by atoms with E-state index in [1.165, 1.54) is 25.8 Å². The molecule has 138 valence electrons. The number of carbonyl (C=O) groups is 1. The van der Waals surface area contributed by atoms with Crippen LogP contribution in [0.5, 0.6) is 5.75 Å². The number of rotatable bonds is 5. The first-order valence-electron chi connectivity index (χ1n) is 9.49. The fourth-order valence-corrected chi connectivity index (χ4v) is 3.98. The van der Waals surface area contributed by atoms with Crippen molar-refractivity contribution in [2.75, 3.05) is 53.4 Å². The zero-order chi connectivity index (χ0) is 17.6. The lowest BCUT2D eigenvalue weighted by Gasteiger charge is -2.40. The SMILES string of the molecule is COc1ccccc1CC(=O)N1CCN(C[C@H]2CCCCN2C)CC1. The minimum absolute atomic E-state index is 0.207. The van der Waals surface area contributed by atoms with Crippen molar-refractivity contribution in [3.05, 3.63) is 29.8 Å². The molecule has 2 fully saturated rings. The average Bonchev–Trinajstić information content (AvgIpc) is 2.64. The van der Waals surface area contributed by atoms with E-state index in [0.717, 1.165) is 44.0 Å². The van der Waals surface area contributed by atoms with Crippen molar-refractivity contribution >= 4 is 5.91 Å². The van der Waals surface area contributed by atoms with Crippen LogP contribution in [0.1, 0.15) is 24.8 Å². The van der Waals surface area contributed by atoms with E-state index in [2.05, 4.69) is 16.8 Å². The van der Waals surface area contributed by atoms with E-state index in [1.54, 1.807) is 7.11 Å². The van der Waals surface area contributed by atoms with Crippen LogP contribution < -0.4 is 4.74 Å². The highest BCUT2D eigenvalue weighted by atomic mass is 16.5. The second kappa shape index (κ2) is 8.68. The molecule has 0 N–H and O–H groups in total. The van der Waals surface area contributed by atoms with Crippen LogP contribution in [0.25, 0.3) is 0 Å². The summed E-state index contributed by atoms with van der Waals surface area (Å²) in [6, 6.07) is 8.48. The fourth-order valence-electron chi connectivity index (χ4n) is 3.98.